The maximum absolute atomic E-state index is 12.6. The zero-order valence-electron chi connectivity index (χ0n) is 16.7. The van der Waals surface area contributed by atoms with Gasteiger partial charge in [-0.15, -0.1) is 0 Å². The molecule has 1 aromatic heterocycles. The average Bonchev–Trinajstić information content (AvgIpc) is 3.16. The van der Waals surface area contributed by atoms with Crippen molar-refractivity contribution in [2.75, 3.05) is 26.8 Å². The number of piperidine rings is 1. The van der Waals surface area contributed by atoms with E-state index in [9.17, 15) is 4.79 Å². The van der Waals surface area contributed by atoms with Crippen molar-refractivity contribution in [3.8, 4) is 11.5 Å². The third-order valence-electron chi connectivity index (χ3n) is 5.70. The van der Waals surface area contributed by atoms with Gasteiger partial charge in [0.25, 0.3) is 5.91 Å². The maximum atomic E-state index is 12.6. The lowest BCUT2D eigenvalue weighted by atomic mass is 9.89. The van der Waals surface area contributed by atoms with Gasteiger partial charge in [-0.25, -0.2) is 0 Å². The number of hydrogen-bond acceptors (Lipinski definition) is 3. The lowest BCUT2D eigenvalue weighted by Gasteiger charge is -2.32. The highest BCUT2D eigenvalue weighted by atomic mass is 35.5. The highest BCUT2D eigenvalue weighted by Gasteiger charge is 2.26. The summed E-state index contributed by atoms with van der Waals surface area (Å²) in [6.07, 6.45) is 3.98. The van der Waals surface area contributed by atoms with Crippen LogP contribution in [0.5, 0.6) is 11.5 Å². The van der Waals surface area contributed by atoms with E-state index in [2.05, 4.69) is 17.2 Å². The van der Waals surface area contributed by atoms with E-state index in [4.69, 9.17) is 21.1 Å². The number of aromatic amines is 1. The number of H-pyrrole nitrogens is 1. The lowest BCUT2D eigenvalue weighted by Crippen LogP contribution is -2.40. The Labute approximate surface area is 175 Å². The molecule has 5 nitrogen and oxygen atoms in total. The van der Waals surface area contributed by atoms with Gasteiger partial charge in [0.15, 0.2) is 6.61 Å². The van der Waals surface area contributed by atoms with Crippen LogP contribution in [0.3, 0.4) is 0 Å². The molecule has 1 aliphatic rings. The number of carbonyl (C=O) groups excluding carboxylic acids is 1. The Balaban J connectivity index is 1.36. The molecule has 0 spiro atoms. The molecule has 0 unspecified atom stereocenters. The van der Waals surface area contributed by atoms with Gasteiger partial charge in [-0.3, -0.25) is 4.79 Å². The Kier molecular flexibility index (Phi) is 5.67. The molecular weight excluding hydrogens is 388 g/mol. The Morgan fingerprint density at radius 2 is 2.00 bits per heavy atom. The van der Waals surface area contributed by atoms with E-state index in [1.54, 1.807) is 13.2 Å². The maximum Gasteiger partial charge on any atom is 0.260 e. The van der Waals surface area contributed by atoms with E-state index in [1.807, 2.05) is 36.1 Å². The van der Waals surface area contributed by atoms with Crippen LogP contribution < -0.4 is 9.47 Å². The topological polar surface area (TPSA) is 54.6 Å². The van der Waals surface area contributed by atoms with Gasteiger partial charge in [0.05, 0.1) is 7.11 Å². The fraction of sp³-hybridized carbons (Fsp3) is 0.348. The third-order valence-corrected chi connectivity index (χ3v) is 5.93. The molecule has 29 heavy (non-hydrogen) atoms. The summed E-state index contributed by atoms with van der Waals surface area (Å²) < 4.78 is 11.1. The van der Waals surface area contributed by atoms with Crippen LogP contribution in [0.4, 0.5) is 0 Å². The fourth-order valence-electron chi connectivity index (χ4n) is 4.03. The number of benzene rings is 2. The number of halogens is 1. The molecular formula is C23H25ClN2O3. The quantitative estimate of drug-likeness (QED) is 0.646. The van der Waals surface area contributed by atoms with Crippen molar-refractivity contribution in [1.29, 1.82) is 0 Å². The second kappa shape index (κ2) is 8.37. The molecule has 1 amide bonds. The number of fused-ring (bicyclic) bond motifs is 1. The number of aromatic nitrogens is 1. The fourth-order valence-corrected chi connectivity index (χ4v) is 4.26. The van der Waals surface area contributed by atoms with Crippen LogP contribution in [0.1, 0.15) is 29.9 Å². The van der Waals surface area contributed by atoms with Crippen LogP contribution in [0.2, 0.25) is 5.02 Å². The molecule has 3 aromatic rings. The van der Waals surface area contributed by atoms with Crippen molar-refractivity contribution in [3.05, 3.63) is 58.7 Å². The normalized spacial score (nSPS) is 14.9. The highest BCUT2D eigenvalue weighted by Crippen LogP contribution is 2.34. The molecule has 2 aromatic carbocycles. The summed E-state index contributed by atoms with van der Waals surface area (Å²) >= 11 is 5.97. The van der Waals surface area contributed by atoms with Gasteiger partial charge < -0.3 is 19.4 Å². The molecule has 0 atom stereocenters. The van der Waals surface area contributed by atoms with E-state index in [-0.39, 0.29) is 12.5 Å². The molecule has 0 radical (unpaired) electrons. The largest absolute Gasteiger partial charge is 0.497 e. The third kappa shape index (κ3) is 4.20. The van der Waals surface area contributed by atoms with Crippen molar-refractivity contribution < 1.29 is 14.3 Å². The van der Waals surface area contributed by atoms with Crippen molar-refractivity contribution in [1.82, 2.24) is 9.88 Å². The summed E-state index contributed by atoms with van der Waals surface area (Å²) in [5.41, 5.74) is 3.35. The summed E-state index contributed by atoms with van der Waals surface area (Å²) in [4.78, 5) is 17.8. The minimum atomic E-state index is 0.0263. The number of likely N-dealkylation sites (tertiary alicyclic amines) is 1. The van der Waals surface area contributed by atoms with Crippen molar-refractivity contribution in [2.45, 2.75) is 25.7 Å². The summed E-state index contributed by atoms with van der Waals surface area (Å²) in [6, 6.07) is 11.5. The number of nitrogens with zero attached hydrogens (tertiary/aromatic N) is 1. The molecule has 1 aliphatic heterocycles. The van der Waals surface area contributed by atoms with Gasteiger partial charge >= 0.3 is 0 Å². The van der Waals surface area contributed by atoms with Gasteiger partial charge in [-0.2, -0.15) is 0 Å². The number of hydrogen-bond donors (Lipinski definition) is 1. The molecule has 0 saturated carbocycles. The summed E-state index contributed by atoms with van der Waals surface area (Å²) in [5.74, 6) is 2.02. The van der Waals surface area contributed by atoms with Gasteiger partial charge in [0.1, 0.15) is 11.5 Å². The van der Waals surface area contributed by atoms with E-state index in [1.165, 1.54) is 10.9 Å². The van der Waals surface area contributed by atoms with Crippen LogP contribution in [0.25, 0.3) is 10.9 Å². The molecule has 1 fully saturated rings. The molecule has 2 heterocycles. The van der Waals surface area contributed by atoms with Crippen molar-refractivity contribution in [2.24, 2.45) is 0 Å². The molecule has 1 N–H and O–H groups in total. The molecule has 6 heteroatoms. The Morgan fingerprint density at radius 1 is 1.21 bits per heavy atom. The minimum Gasteiger partial charge on any atom is -0.497 e. The summed E-state index contributed by atoms with van der Waals surface area (Å²) in [5, 5.41) is 1.87. The number of methoxy groups -OCH3 is 1. The Bertz CT molecular complexity index is 1020. The van der Waals surface area contributed by atoms with Crippen LogP contribution in [0.15, 0.2) is 42.6 Å². The predicted molar refractivity (Wildman–Crippen MR) is 115 cm³/mol. The number of ether oxygens (including phenoxy) is 2. The molecule has 0 aliphatic carbocycles. The second-order valence-corrected chi connectivity index (χ2v) is 7.95. The van der Waals surface area contributed by atoms with E-state index >= 15 is 0 Å². The molecule has 0 bridgehead atoms. The SMILES string of the molecule is COc1ccc2[nH]cc(C3CCN(C(=O)COc4ccc(Cl)cc4C)CC3)c2c1. The van der Waals surface area contributed by atoms with Crippen LogP contribution in [-0.4, -0.2) is 42.6 Å². The van der Waals surface area contributed by atoms with Crippen LogP contribution >= 0.6 is 11.6 Å². The average molecular weight is 413 g/mol. The van der Waals surface area contributed by atoms with Gasteiger partial charge in [0, 0.05) is 35.2 Å². The first-order valence-corrected chi connectivity index (χ1v) is 10.2. The van der Waals surface area contributed by atoms with E-state index in [0.717, 1.165) is 42.8 Å². The first-order valence-electron chi connectivity index (χ1n) is 9.87. The summed E-state index contributed by atoms with van der Waals surface area (Å²) in [6.45, 7) is 3.46. The van der Waals surface area contributed by atoms with E-state index < -0.39 is 0 Å². The lowest BCUT2D eigenvalue weighted by molar-refractivity contribution is -0.134. The van der Waals surface area contributed by atoms with Crippen molar-refractivity contribution in [3.63, 3.8) is 0 Å². The first-order chi connectivity index (χ1) is 14.0. The van der Waals surface area contributed by atoms with Crippen LogP contribution in [0, 0.1) is 6.92 Å². The number of amides is 1. The van der Waals surface area contributed by atoms with Crippen molar-refractivity contribution >= 4 is 28.4 Å². The zero-order chi connectivity index (χ0) is 20.4. The minimum absolute atomic E-state index is 0.0263. The monoisotopic (exact) mass is 412 g/mol. The molecule has 4 rings (SSSR count). The van der Waals surface area contributed by atoms with Gasteiger partial charge in [0.2, 0.25) is 0 Å². The summed E-state index contributed by atoms with van der Waals surface area (Å²) in [7, 11) is 1.69. The van der Waals surface area contributed by atoms with Crippen LogP contribution in [-0.2, 0) is 4.79 Å². The number of aryl methyl sites for hydroxylation is 1. The smallest absolute Gasteiger partial charge is 0.260 e. The number of carbonyl (C=O) groups is 1. The van der Waals surface area contributed by atoms with Gasteiger partial charge in [-0.05, 0) is 73.2 Å². The number of nitrogens with one attached hydrogen (secondary N) is 1. The standard InChI is InChI=1S/C23H25ClN2O3/c1-15-11-17(24)3-6-22(15)29-14-23(27)26-9-7-16(8-10-26)20-13-25-21-5-4-18(28-2)12-19(20)21/h3-6,11-13,16,25H,7-10,14H2,1-2H3. The zero-order valence-corrected chi connectivity index (χ0v) is 17.5. The predicted octanol–water partition coefficient (Wildman–Crippen LogP) is 4.92. The number of rotatable bonds is 5. The molecule has 1 saturated heterocycles. The van der Waals surface area contributed by atoms with E-state index in [0.29, 0.717) is 16.7 Å². The Morgan fingerprint density at radius 3 is 2.72 bits per heavy atom. The second-order valence-electron chi connectivity index (χ2n) is 7.51. The Hall–Kier alpha value is -2.66. The molecule has 152 valence electrons. The first kappa shape index (κ1) is 19.6. The highest BCUT2D eigenvalue weighted by molar-refractivity contribution is 6.30. The van der Waals surface area contributed by atoms with Gasteiger partial charge in [-0.1, -0.05) is 11.6 Å².